The van der Waals surface area contributed by atoms with Crippen molar-refractivity contribution in [2.24, 2.45) is 28.6 Å². The van der Waals surface area contributed by atoms with E-state index in [0.717, 1.165) is 41.3 Å². The zero-order chi connectivity index (χ0) is 22.1. The van der Waals surface area contributed by atoms with Gasteiger partial charge in [0.25, 0.3) is 0 Å². The average Bonchev–Trinajstić information content (AvgIpc) is 3.39. The molecule has 1 aromatic carbocycles. The smallest absolute Gasteiger partial charge is 0.0665 e. The Bertz CT molecular complexity index is 1040. The quantitative estimate of drug-likeness (QED) is 0.503. The molecule has 6 rings (SSSR count). The summed E-state index contributed by atoms with van der Waals surface area (Å²) >= 11 is 6.07. The van der Waals surface area contributed by atoms with Crippen LogP contribution in [0.3, 0.4) is 0 Å². The monoisotopic (exact) mass is 450 g/mol. The van der Waals surface area contributed by atoms with Crippen molar-refractivity contribution >= 4 is 11.6 Å². The predicted molar refractivity (Wildman–Crippen MR) is 129 cm³/mol. The highest BCUT2D eigenvalue weighted by Gasteiger charge is 2.59. The van der Waals surface area contributed by atoms with Crippen molar-refractivity contribution in [1.29, 1.82) is 0 Å². The fourth-order valence-corrected chi connectivity index (χ4v) is 8.52. The molecule has 0 bridgehead atoms. The molecule has 32 heavy (non-hydrogen) atoms. The third kappa shape index (κ3) is 3.07. The number of hydrogen-bond donors (Lipinski definition) is 1. The summed E-state index contributed by atoms with van der Waals surface area (Å²) in [5.74, 6) is 2.92. The van der Waals surface area contributed by atoms with Gasteiger partial charge in [0.05, 0.1) is 17.5 Å². The van der Waals surface area contributed by atoms with Crippen molar-refractivity contribution in [3.8, 4) is 5.69 Å². The van der Waals surface area contributed by atoms with Crippen LogP contribution in [0.4, 0.5) is 0 Å². The molecule has 0 spiro atoms. The number of rotatable bonds is 2. The molecule has 0 amide bonds. The minimum absolute atomic E-state index is 0.119. The molecular formula is C28H35ClN2O. The fourth-order valence-electron chi connectivity index (χ4n) is 8.39. The third-order valence-electron chi connectivity index (χ3n) is 10.1. The first-order valence-corrected chi connectivity index (χ1v) is 13.0. The molecular weight excluding hydrogens is 416 g/mol. The number of aromatic nitrogens is 2. The average molecular weight is 451 g/mol. The summed E-state index contributed by atoms with van der Waals surface area (Å²) in [6.45, 7) is 5.09. The van der Waals surface area contributed by atoms with E-state index in [2.05, 4.69) is 32.2 Å². The van der Waals surface area contributed by atoms with Gasteiger partial charge in [0.1, 0.15) is 0 Å². The van der Waals surface area contributed by atoms with Crippen molar-refractivity contribution in [2.45, 2.75) is 77.2 Å². The van der Waals surface area contributed by atoms with Crippen molar-refractivity contribution in [3.05, 3.63) is 58.9 Å². The van der Waals surface area contributed by atoms with Crippen LogP contribution in [0.15, 0.2) is 48.2 Å². The lowest BCUT2D eigenvalue weighted by atomic mass is 9.47. The van der Waals surface area contributed by atoms with E-state index in [4.69, 9.17) is 16.7 Å². The molecule has 1 N–H and O–H groups in total. The van der Waals surface area contributed by atoms with Crippen LogP contribution in [0, 0.1) is 28.6 Å². The molecule has 1 aromatic heterocycles. The molecule has 4 aliphatic rings. The van der Waals surface area contributed by atoms with Gasteiger partial charge < -0.3 is 5.11 Å². The molecule has 0 saturated heterocycles. The largest absolute Gasteiger partial charge is 0.393 e. The van der Waals surface area contributed by atoms with Gasteiger partial charge in [0, 0.05) is 17.1 Å². The van der Waals surface area contributed by atoms with Gasteiger partial charge in [-0.15, -0.1) is 0 Å². The van der Waals surface area contributed by atoms with Gasteiger partial charge in [-0.05, 0) is 110 Å². The van der Waals surface area contributed by atoms with Crippen LogP contribution in [0.25, 0.3) is 5.69 Å². The molecule has 4 aliphatic carbocycles. The number of allylic oxidation sites excluding steroid dienone is 1. The second-order valence-electron chi connectivity index (χ2n) is 11.5. The molecule has 3 saturated carbocycles. The van der Waals surface area contributed by atoms with Crippen LogP contribution < -0.4 is 0 Å². The summed E-state index contributed by atoms with van der Waals surface area (Å²) in [6.07, 6.45) is 14.0. The van der Waals surface area contributed by atoms with E-state index in [-0.39, 0.29) is 6.10 Å². The second kappa shape index (κ2) is 7.46. The number of aliphatic hydroxyl groups is 1. The number of halogens is 1. The van der Waals surface area contributed by atoms with Gasteiger partial charge in [-0.3, -0.25) is 0 Å². The molecule has 0 aliphatic heterocycles. The van der Waals surface area contributed by atoms with E-state index in [0.29, 0.717) is 16.7 Å². The summed E-state index contributed by atoms with van der Waals surface area (Å²) in [7, 11) is 0. The lowest BCUT2D eigenvalue weighted by Crippen LogP contribution is -2.50. The molecule has 170 valence electrons. The van der Waals surface area contributed by atoms with Crippen molar-refractivity contribution < 1.29 is 5.11 Å². The van der Waals surface area contributed by atoms with Crippen LogP contribution in [-0.4, -0.2) is 21.0 Å². The highest BCUT2D eigenvalue weighted by Crippen LogP contribution is 2.67. The highest BCUT2D eigenvalue weighted by atomic mass is 35.5. The zero-order valence-electron chi connectivity index (χ0n) is 19.3. The van der Waals surface area contributed by atoms with Crippen molar-refractivity contribution in [2.75, 3.05) is 0 Å². The number of hydrogen-bond acceptors (Lipinski definition) is 2. The topological polar surface area (TPSA) is 38.0 Å². The fraction of sp³-hybridized carbons (Fsp3) is 0.607. The van der Waals surface area contributed by atoms with E-state index >= 15 is 0 Å². The summed E-state index contributed by atoms with van der Waals surface area (Å²) in [5, 5.41) is 16.1. The molecule has 4 heteroatoms. The Morgan fingerprint density at radius 3 is 2.62 bits per heavy atom. The minimum atomic E-state index is -0.119. The van der Waals surface area contributed by atoms with E-state index in [1.807, 2.05) is 28.9 Å². The Balaban J connectivity index is 1.27. The Morgan fingerprint density at radius 1 is 1.00 bits per heavy atom. The highest BCUT2D eigenvalue weighted by molar-refractivity contribution is 6.30. The van der Waals surface area contributed by atoms with Crippen LogP contribution >= 0.6 is 11.6 Å². The van der Waals surface area contributed by atoms with Crippen LogP contribution in [-0.2, 0) is 0 Å². The first-order chi connectivity index (χ1) is 15.4. The molecule has 5 unspecified atom stereocenters. The van der Waals surface area contributed by atoms with Crippen LogP contribution in [0.1, 0.15) is 76.8 Å². The SMILES string of the molecule is C[C@]12CCC3C(CC=C4CC(O)CC[C@@]43C)C1CCC2c1ccn(-c2ccc(Cl)cc2)n1. The number of aliphatic hydroxyl groups excluding tert-OH is 1. The third-order valence-corrected chi connectivity index (χ3v) is 10.4. The van der Waals surface area contributed by atoms with E-state index in [9.17, 15) is 5.11 Å². The Hall–Kier alpha value is -1.58. The predicted octanol–water partition coefficient (Wildman–Crippen LogP) is 6.93. The van der Waals surface area contributed by atoms with Gasteiger partial charge >= 0.3 is 0 Å². The maximum Gasteiger partial charge on any atom is 0.0665 e. The van der Waals surface area contributed by atoms with Gasteiger partial charge in [-0.1, -0.05) is 37.1 Å². The van der Waals surface area contributed by atoms with Crippen LogP contribution in [0.5, 0.6) is 0 Å². The van der Waals surface area contributed by atoms with Crippen molar-refractivity contribution in [1.82, 2.24) is 9.78 Å². The van der Waals surface area contributed by atoms with E-state index < -0.39 is 0 Å². The van der Waals surface area contributed by atoms with Gasteiger partial charge in [0.2, 0.25) is 0 Å². The molecule has 1 heterocycles. The molecule has 0 radical (unpaired) electrons. The number of fused-ring (bicyclic) bond motifs is 5. The minimum Gasteiger partial charge on any atom is -0.393 e. The zero-order valence-corrected chi connectivity index (χ0v) is 20.1. The van der Waals surface area contributed by atoms with E-state index in [1.165, 1.54) is 44.2 Å². The summed E-state index contributed by atoms with van der Waals surface area (Å²) in [5.41, 5.74) is 4.56. The maximum atomic E-state index is 10.3. The number of benzene rings is 1. The maximum absolute atomic E-state index is 10.3. The summed E-state index contributed by atoms with van der Waals surface area (Å²) < 4.78 is 2.01. The molecule has 7 atom stereocenters. The molecule has 2 aromatic rings. The second-order valence-corrected chi connectivity index (χ2v) is 11.9. The van der Waals surface area contributed by atoms with E-state index in [1.54, 1.807) is 5.57 Å². The Morgan fingerprint density at radius 2 is 1.81 bits per heavy atom. The van der Waals surface area contributed by atoms with Gasteiger partial charge in [-0.25, -0.2) is 4.68 Å². The lowest BCUT2D eigenvalue weighted by Gasteiger charge is -2.58. The number of nitrogens with zero attached hydrogens (tertiary/aromatic N) is 2. The standard InChI is InChI=1S/C28H35ClN2O/c1-27-14-11-21(32)17-18(27)3-8-22-23-9-10-25(28(23,2)15-12-24(22)27)26-13-16-31(30-26)20-6-4-19(29)5-7-20/h3-7,13,16,21-25,32H,8-12,14-15,17H2,1-2H3/t21?,22?,23?,24?,25?,27-,28-/m0/s1. The summed E-state index contributed by atoms with van der Waals surface area (Å²) in [4.78, 5) is 0. The summed E-state index contributed by atoms with van der Waals surface area (Å²) in [6, 6.07) is 10.2. The molecule has 3 fully saturated rings. The van der Waals surface area contributed by atoms with Crippen LogP contribution in [0.2, 0.25) is 5.02 Å². The van der Waals surface area contributed by atoms with Crippen molar-refractivity contribution in [3.63, 3.8) is 0 Å². The van der Waals surface area contributed by atoms with Gasteiger partial charge in [-0.2, -0.15) is 5.10 Å². The Kier molecular flexibility index (Phi) is 4.90. The Labute approximate surface area is 196 Å². The normalized spacial score (nSPS) is 40.9. The lowest BCUT2D eigenvalue weighted by molar-refractivity contribution is -0.0412. The first-order valence-electron chi connectivity index (χ1n) is 12.6. The first kappa shape index (κ1) is 21.0. The molecule has 3 nitrogen and oxygen atoms in total. The van der Waals surface area contributed by atoms with Gasteiger partial charge in [0.15, 0.2) is 0 Å².